The first-order valence-electron chi connectivity index (χ1n) is 5.77. The molecule has 1 unspecified atom stereocenters. The second-order valence-electron chi connectivity index (χ2n) is 4.98. The maximum absolute atomic E-state index is 12.7. The number of carbonyl (C=O) groups excluding carboxylic acids is 1. The van der Waals surface area contributed by atoms with Crippen molar-refractivity contribution in [2.75, 3.05) is 6.54 Å². The molecule has 0 heterocycles. The number of nitrogens with one attached hydrogen (secondary N) is 1. The molecule has 0 aliphatic carbocycles. The molecule has 0 saturated heterocycles. The molecule has 4 N–H and O–H groups in total. The Balaban J connectivity index is 2.52. The number of rotatable bonds is 6. The van der Waals surface area contributed by atoms with Crippen LogP contribution in [0.4, 0.5) is 4.39 Å². The average molecular weight is 254 g/mol. The highest BCUT2D eigenvalue weighted by atomic mass is 19.1. The monoisotopic (exact) mass is 254 g/mol. The second kappa shape index (κ2) is 5.93. The van der Waals surface area contributed by atoms with E-state index in [1.54, 1.807) is 0 Å². The summed E-state index contributed by atoms with van der Waals surface area (Å²) >= 11 is 0. The second-order valence-corrected chi connectivity index (χ2v) is 4.98. The average Bonchev–Trinajstić information content (AvgIpc) is 2.25. The number of aliphatic hydroxyl groups is 1. The Morgan fingerprint density at radius 3 is 2.50 bits per heavy atom. The number of primary amides is 1. The molecule has 1 amide bonds. The Morgan fingerprint density at radius 2 is 2.00 bits per heavy atom. The van der Waals surface area contributed by atoms with E-state index in [1.165, 1.54) is 24.3 Å². The van der Waals surface area contributed by atoms with E-state index in [2.05, 4.69) is 5.32 Å². The van der Waals surface area contributed by atoms with Crippen molar-refractivity contribution in [3.63, 3.8) is 0 Å². The molecule has 1 rings (SSSR count). The number of amides is 1. The first kappa shape index (κ1) is 14.6. The van der Waals surface area contributed by atoms with Gasteiger partial charge in [-0.2, -0.15) is 0 Å². The van der Waals surface area contributed by atoms with Gasteiger partial charge in [0.2, 0.25) is 5.91 Å². The van der Waals surface area contributed by atoms with Crippen LogP contribution in [0.5, 0.6) is 0 Å². The van der Waals surface area contributed by atoms with Crippen molar-refractivity contribution < 1.29 is 14.3 Å². The number of halogens is 1. The minimum absolute atomic E-state index is 0.184. The predicted molar refractivity (Wildman–Crippen MR) is 67.3 cm³/mol. The van der Waals surface area contributed by atoms with Gasteiger partial charge in [-0.1, -0.05) is 12.1 Å². The first-order chi connectivity index (χ1) is 8.30. The van der Waals surface area contributed by atoms with E-state index >= 15 is 0 Å². The lowest BCUT2D eigenvalue weighted by Crippen LogP contribution is -2.44. The summed E-state index contributed by atoms with van der Waals surface area (Å²) in [5.74, 6) is -0.739. The number of nitrogens with two attached hydrogens (primary N) is 1. The predicted octanol–water partition coefficient (Wildman–Crippen LogP) is 1.10. The maximum atomic E-state index is 12.7. The molecule has 4 nitrogen and oxygen atoms in total. The summed E-state index contributed by atoms with van der Waals surface area (Å²) in [5, 5.41) is 13.0. The van der Waals surface area contributed by atoms with Crippen molar-refractivity contribution in [1.29, 1.82) is 0 Å². The molecule has 18 heavy (non-hydrogen) atoms. The minimum atomic E-state index is -0.752. The Hall–Kier alpha value is -1.46. The van der Waals surface area contributed by atoms with Gasteiger partial charge in [-0.05, 0) is 31.5 Å². The van der Waals surface area contributed by atoms with Gasteiger partial charge in [-0.25, -0.2) is 4.39 Å². The molecule has 0 spiro atoms. The lowest BCUT2D eigenvalue weighted by atomic mass is 9.99. The molecule has 0 saturated carbocycles. The Bertz CT molecular complexity index is 404. The van der Waals surface area contributed by atoms with E-state index in [1.807, 2.05) is 13.8 Å². The number of hydrogen-bond acceptors (Lipinski definition) is 3. The number of aliphatic hydroxyl groups excluding tert-OH is 1. The molecule has 1 aromatic carbocycles. The fraction of sp³-hybridized carbons (Fsp3) is 0.462. The quantitative estimate of drug-likeness (QED) is 0.711. The zero-order valence-corrected chi connectivity index (χ0v) is 10.6. The van der Waals surface area contributed by atoms with E-state index in [0.717, 1.165) is 0 Å². The normalized spacial score (nSPS) is 13.3. The van der Waals surface area contributed by atoms with Gasteiger partial charge < -0.3 is 16.2 Å². The molecule has 0 radical (unpaired) electrons. The van der Waals surface area contributed by atoms with Gasteiger partial charge in [-0.15, -0.1) is 0 Å². The molecule has 0 aliphatic heterocycles. The lowest BCUT2D eigenvalue weighted by Gasteiger charge is -2.26. The molecule has 0 aromatic heterocycles. The van der Waals surface area contributed by atoms with Crippen molar-refractivity contribution in [2.24, 2.45) is 5.73 Å². The summed E-state index contributed by atoms with van der Waals surface area (Å²) in [5.41, 5.74) is 5.27. The minimum Gasteiger partial charge on any atom is -0.387 e. The summed E-state index contributed by atoms with van der Waals surface area (Å²) in [6, 6.07) is 5.66. The van der Waals surface area contributed by atoms with Crippen LogP contribution in [0.15, 0.2) is 24.3 Å². The molecule has 0 fully saturated rings. The van der Waals surface area contributed by atoms with Crippen LogP contribution < -0.4 is 11.1 Å². The molecule has 5 heteroatoms. The summed E-state index contributed by atoms with van der Waals surface area (Å²) in [6.07, 6.45) is -0.568. The van der Waals surface area contributed by atoms with Crippen LogP contribution in [0.25, 0.3) is 0 Å². The lowest BCUT2D eigenvalue weighted by molar-refractivity contribution is -0.119. The van der Waals surface area contributed by atoms with E-state index in [0.29, 0.717) is 5.56 Å². The first-order valence-corrected chi connectivity index (χ1v) is 5.77. The van der Waals surface area contributed by atoms with Gasteiger partial charge in [-0.3, -0.25) is 4.79 Å². The Labute approximate surface area is 106 Å². The van der Waals surface area contributed by atoms with Crippen molar-refractivity contribution >= 4 is 5.91 Å². The highest BCUT2D eigenvalue weighted by molar-refractivity contribution is 5.74. The van der Waals surface area contributed by atoms with Crippen LogP contribution in [0.3, 0.4) is 0 Å². The fourth-order valence-corrected chi connectivity index (χ4v) is 1.67. The van der Waals surface area contributed by atoms with Gasteiger partial charge >= 0.3 is 0 Å². The Morgan fingerprint density at radius 1 is 1.44 bits per heavy atom. The zero-order valence-electron chi connectivity index (χ0n) is 10.6. The molecular weight excluding hydrogens is 235 g/mol. The van der Waals surface area contributed by atoms with E-state index < -0.39 is 17.6 Å². The van der Waals surface area contributed by atoms with E-state index in [4.69, 9.17) is 5.73 Å². The van der Waals surface area contributed by atoms with Gasteiger partial charge in [0.05, 0.1) is 6.10 Å². The van der Waals surface area contributed by atoms with Gasteiger partial charge in [0.1, 0.15) is 5.82 Å². The van der Waals surface area contributed by atoms with Gasteiger partial charge in [0, 0.05) is 18.5 Å². The van der Waals surface area contributed by atoms with E-state index in [-0.39, 0.29) is 18.8 Å². The summed E-state index contributed by atoms with van der Waals surface area (Å²) in [7, 11) is 0. The Kier molecular flexibility index (Phi) is 4.81. The van der Waals surface area contributed by atoms with Gasteiger partial charge in [0.15, 0.2) is 0 Å². The largest absolute Gasteiger partial charge is 0.387 e. The summed E-state index contributed by atoms with van der Waals surface area (Å²) in [6.45, 7) is 3.93. The van der Waals surface area contributed by atoms with E-state index in [9.17, 15) is 14.3 Å². The molecule has 0 aliphatic rings. The SMILES string of the molecule is CC(C)(CC(N)=O)NCC(O)c1ccc(F)cc1. The number of β-amino-alcohol motifs (C(OH)–C–C–N with tert-alkyl or cyclic N) is 1. The molecule has 1 aromatic rings. The standard InChI is InChI=1S/C13H19FN2O2/c1-13(2,7-12(15)18)16-8-11(17)9-3-5-10(14)6-4-9/h3-6,11,16-17H,7-8H2,1-2H3,(H2,15,18). The van der Waals surface area contributed by atoms with Crippen LogP contribution in [-0.2, 0) is 4.79 Å². The fourth-order valence-electron chi connectivity index (χ4n) is 1.67. The van der Waals surface area contributed by atoms with Crippen LogP contribution >= 0.6 is 0 Å². The third kappa shape index (κ3) is 4.81. The molecule has 1 atom stereocenters. The molecule has 100 valence electrons. The van der Waals surface area contributed by atoms with Crippen molar-refractivity contribution in [3.8, 4) is 0 Å². The topological polar surface area (TPSA) is 75.4 Å². The van der Waals surface area contributed by atoms with Crippen LogP contribution in [0, 0.1) is 5.82 Å². The third-order valence-corrected chi connectivity index (χ3v) is 2.64. The van der Waals surface area contributed by atoms with Gasteiger partial charge in [0.25, 0.3) is 0 Å². The van der Waals surface area contributed by atoms with Crippen LogP contribution in [0.1, 0.15) is 31.9 Å². The zero-order chi connectivity index (χ0) is 13.8. The summed E-state index contributed by atoms with van der Waals surface area (Å²) < 4.78 is 12.7. The molecular formula is C13H19FN2O2. The third-order valence-electron chi connectivity index (χ3n) is 2.64. The number of hydrogen-bond donors (Lipinski definition) is 3. The van der Waals surface area contributed by atoms with Crippen molar-refractivity contribution in [1.82, 2.24) is 5.32 Å². The molecule has 0 bridgehead atoms. The highest BCUT2D eigenvalue weighted by Gasteiger charge is 2.21. The maximum Gasteiger partial charge on any atom is 0.219 e. The summed E-state index contributed by atoms with van der Waals surface area (Å²) in [4.78, 5) is 10.8. The van der Waals surface area contributed by atoms with Crippen LogP contribution in [0.2, 0.25) is 0 Å². The number of benzene rings is 1. The van der Waals surface area contributed by atoms with Crippen molar-refractivity contribution in [3.05, 3.63) is 35.6 Å². The highest BCUT2D eigenvalue weighted by Crippen LogP contribution is 2.15. The smallest absolute Gasteiger partial charge is 0.219 e. The van der Waals surface area contributed by atoms with Crippen LogP contribution in [-0.4, -0.2) is 23.1 Å². The number of carbonyl (C=O) groups is 1. The van der Waals surface area contributed by atoms with Crippen molar-refractivity contribution in [2.45, 2.75) is 31.9 Å².